The summed E-state index contributed by atoms with van der Waals surface area (Å²) >= 11 is 0. The van der Waals surface area contributed by atoms with E-state index in [1.54, 1.807) is 25.8 Å². The molecule has 1 aliphatic rings. The zero-order valence-electron chi connectivity index (χ0n) is 12.3. The van der Waals surface area contributed by atoms with Gasteiger partial charge in [-0.25, -0.2) is 4.79 Å². The lowest BCUT2D eigenvalue weighted by Crippen LogP contribution is -2.52. The first-order chi connectivity index (χ1) is 9.36. The number of carboxylic acid groups (broad SMARTS) is 1. The lowest BCUT2D eigenvalue weighted by atomic mass is 9.97. The number of aliphatic carboxylic acids is 1. The van der Waals surface area contributed by atoms with Crippen molar-refractivity contribution in [1.82, 2.24) is 15.1 Å². The molecule has 20 heavy (non-hydrogen) atoms. The molecule has 114 valence electrons. The summed E-state index contributed by atoms with van der Waals surface area (Å²) in [4.78, 5) is 37.8. The van der Waals surface area contributed by atoms with Crippen molar-refractivity contribution in [2.75, 3.05) is 26.7 Å². The van der Waals surface area contributed by atoms with Crippen molar-refractivity contribution in [3.05, 3.63) is 0 Å². The second-order valence-corrected chi connectivity index (χ2v) is 5.30. The number of urea groups is 1. The van der Waals surface area contributed by atoms with Gasteiger partial charge in [0, 0.05) is 26.2 Å². The van der Waals surface area contributed by atoms with Gasteiger partial charge >= 0.3 is 12.0 Å². The third-order valence-corrected chi connectivity index (χ3v) is 3.48. The van der Waals surface area contributed by atoms with Crippen molar-refractivity contribution < 1.29 is 19.5 Å². The van der Waals surface area contributed by atoms with Crippen LogP contribution in [0.25, 0.3) is 0 Å². The van der Waals surface area contributed by atoms with Gasteiger partial charge in [0.1, 0.15) is 6.54 Å². The Labute approximate surface area is 118 Å². The molecule has 1 saturated heterocycles. The molecule has 0 aliphatic carbocycles. The highest BCUT2D eigenvalue weighted by atomic mass is 16.4. The molecule has 1 heterocycles. The van der Waals surface area contributed by atoms with Gasteiger partial charge in [-0.2, -0.15) is 0 Å². The molecule has 7 nitrogen and oxygen atoms in total. The van der Waals surface area contributed by atoms with E-state index >= 15 is 0 Å². The standard InChI is InChI=1S/C13H23N3O4/c1-9(2)16(8-11(17)18)13(20)15-6-4-5-10(7-15)12(19)14-3/h9-10H,4-8H2,1-3H3,(H,14,19)(H,17,18). The van der Waals surface area contributed by atoms with Crippen LogP contribution in [0.4, 0.5) is 4.79 Å². The number of amides is 3. The van der Waals surface area contributed by atoms with Gasteiger partial charge in [-0.05, 0) is 26.7 Å². The predicted octanol–water partition coefficient (Wildman–Crippen LogP) is 0.359. The Balaban J connectivity index is 2.73. The monoisotopic (exact) mass is 285 g/mol. The van der Waals surface area contributed by atoms with Crippen molar-refractivity contribution in [1.29, 1.82) is 0 Å². The van der Waals surface area contributed by atoms with Crippen LogP contribution in [-0.2, 0) is 9.59 Å². The molecule has 0 bridgehead atoms. The van der Waals surface area contributed by atoms with Crippen molar-refractivity contribution in [2.45, 2.75) is 32.7 Å². The lowest BCUT2D eigenvalue weighted by Gasteiger charge is -2.36. The highest BCUT2D eigenvalue weighted by Gasteiger charge is 2.31. The molecular weight excluding hydrogens is 262 g/mol. The van der Waals surface area contributed by atoms with E-state index in [4.69, 9.17) is 5.11 Å². The Hall–Kier alpha value is -1.79. The fourth-order valence-corrected chi connectivity index (χ4v) is 2.37. The molecule has 3 amide bonds. The fraction of sp³-hybridized carbons (Fsp3) is 0.769. The van der Waals surface area contributed by atoms with Crippen LogP contribution in [0.3, 0.4) is 0 Å². The molecule has 0 aromatic heterocycles. The molecule has 2 N–H and O–H groups in total. The second kappa shape index (κ2) is 7.12. The molecule has 0 aromatic carbocycles. The number of rotatable bonds is 4. The number of carbonyl (C=O) groups is 3. The lowest BCUT2D eigenvalue weighted by molar-refractivity contribution is -0.138. The Morgan fingerprint density at radius 1 is 1.40 bits per heavy atom. The molecule has 0 radical (unpaired) electrons. The molecule has 1 unspecified atom stereocenters. The highest BCUT2D eigenvalue weighted by molar-refractivity contribution is 5.82. The molecule has 7 heteroatoms. The maximum Gasteiger partial charge on any atom is 0.323 e. The summed E-state index contributed by atoms with van der Waals surface area (Å²) in [5.74, 6) is -1.32. The van der Waals surface area contributed by atoms with Gasteiger partial charge in [0.15, 0.2) is 0 Å². The van der Waals surface area contributed by atoms with Gasteiger partial charge in [-0.1, -0.05) is 0 Å². The minimum atomic E-state index is -1.04. The first-order valence-corrected chi connectivity index (χ1v) is 6.85. The third kappa shape index (κ3) is 4.11. The van der Waals surface area contributed by atoms with Crippen molar-refractivity contribution >= 4 is 17.9 Å². The quantitative estimate of drug-likeness (QED) is 0.780. The third-order valence-electron chi connectivity index (χ3n) is 3.48. The van der Waals surface area contributed by atoms with Crippen molar-refractivity contribution in [2.24, 2.45) is 5.92 Å². The SMILES string of the molecule is CNC(=O)C1CCCN(C(=O)N(CC(=O)O)C(C)C)C1. The summed E-state index contributed by atoms with van der Waals surface area (Å²) in [7, 11) is 1.58. The fourth-order valence-electron chi connectivity index (χ4n) is 2.37. The molecule has 0 saturated carbocycles. The predicted molar refractivity (Wildman–Crippen MR) is 73.2 cm³/mol. The second-order valence-electron chi connectivity index (χ2n) is 5.30. The van der Waals surface area contributed by atoms with E-state index in [1.165, 1.54) is 4.90 Å². The molecule has 1 atom stereocenters. The van der Waals surface area contributed by atoms with Gasteiger partial charge in [0.2, 0.25) is 5.91 Å². The Morgan fingerprint density at radius 2 is 2.05 bits per heavy atom. The first kappa shape index (κ1) is 16.3. The molecule has 1 rings (SSSR count). The Kier molecular flexibility index (Phi) is 5.79. The van der Waals surface area contributed by atoms with Crippen LogP contribution in [0.15, 0.2) is 0 Å². The van der Waals surface area contributed by atoms with Crippen LogP contribution in [0, 0.1) is 5.92 Å². The van der Waals surface area contributed by atoms with Crippen LogP contribution < -0.4 is 5.32 Å². The number of carbonyl (C=O) groups excluding carboxylic acids is 2. The van der Waals surface area contributed by atoms with E-state index < -0.39 is 5.97 Å². The van der Waals surface area contributed by atoms with Crippen molar-refractivity contribution in [3.63, 3.8) is 0 Å². The van der Waals surface area contributed by atoms with Crippen LogP contribution in [0.5, 0.6) is 0 Å². The molecule has 0 aromatic rings. The van der Waals surface area contributed by atoms with Gasteiger partial charge in [0.05, 0.1) is 5.92 Å². The highest BCUT2D eigenvalue weighted by Crippen LogP contribution is 2.18. The van der Waals surface area contributed by atoms with E-state index in [1.807, 2.05) is 0 Å². The maximum atomic E-state index is 12.4. The van der Waals surface area contributed by atoms with Gasteiger partial charge in [-0.3, -0.25) is 9.59 Å². The van der Waals surface area contributed by atoms with E-state index in [0.717, 1.165) is 12.8 Å². The van der Waals surface area contributed by atoms with E-state index in [2.05, 4.69) is 5.32 Å². The summed E-state index contributed by atoms with van der Waals surface area (Å²) in [6.07, 6.45) is 1.51. The van der Waals surface area contributed by atoms with Crippen LogP contribution in [0.1, 0.15) is 26.7 Å². The molecule has 1 aliphatic heterocycles. The summed E-state index contributed by atoms with van der Waals surface area (Å²) < 4.78 is 0. The molecular formula is C13H23N3O4. The maximum absolute atomic E-state index is 12.4. The van der Waals surface area contributed by atoms with Gasteiger partial charge < -0.3 is 20.2 Å². The Morgan fingerprint density at radius 3 is 2.55 bits per heavy atom. The smallest absolute Gasteiger partial charge is 0.323 e. The summed E-state index contributed by atoms with van der Waals surface area (Å²) in [5, 5.41) is 11.5. The normalized spacial score (nSPS) is 18.8. The largest absolute Gasteiger partial charge is 0.480 e. The number of carboxylic acids is 1. The number of hydrogen-bond donors (Lipinski definition) is 2. The zero-order valence-corrected chi connectivity index (χ0v) is 12.3. The van der Waals surface area contributed by atoms with Crippen LogP contribution in [-0.4, -0.2) is 65.5 Å². The number of piperidine rings is 1. The minimum Gasteiger partial charge on any atom is -0.480 e. The summed E-state index contributed by atoms with van der Waals surface area (Å²) in [6, 6.07) is -0.505. The Bertz CT molecular complexity index is 384. The van der Waals surface area contributed by atoms with E-state index in [9.17, 15) is 14.4 Å². The van der Waals surface area contributed by atoms with Crippen molar-refractivity contribution in [3.8, 4) is 0 Å². The number of nitrogens with one attached hydrogen (secondary N) is 1. The average molecular weight is 285 g/mol. The first-order valence-electron chi connectivity index (χ1n) is 6.85. The zero-order chi connectivity index (χ0) is 15.3. The van der Waals surface area contributed by atoms with E-state index in [-0.39, 0.29) is 30.4 Å². The topological polar surface area (TPSA) is 90.0 Å². The summed E-state index contributed by atoms with van der Waals surface area (Å²) in [5.41, 5.74) is 0. The van der Waals surface area contributed by atoms with Gasteiger partial charge in [0.25, 0.3) is 0 Å². The van der Waals surface area contributed by atoms with Gasteiger partial charge in [-0.15, -0.1) is 0 Å². The van der Waals surface area contributed by atoms with E-state index in [0.29, 0.717) is 13.1 Å². The number of nitrogens with zero attached hydrogens (tertiary/aromatic N) is 2. The number of hydrogen-bond acceptors (Lipinski definition) is 3. The molecule has 1 fully saturated rings. The summed E-state index contributed by atoms with van der Waals surface area (Å²) in [6.45, 7) is 4.15. The number of likely N-dealkylation sites (tertiary alicyclic amines) is 1. The molecule has 0 spiro atoms. The average Bonchev–Trinajstić information content (AvgIpc) is 2.42. The van der Waals surface area contributed by atoms with Crippen LogP contribution >= 0.6 is 0 Å². The van der Waals surface area contributed by atoms with Crippen LogP contribution in [0.2, 0.25) is 0 Å². The minimum absolute atomic E-state index is 0.0724.